The number of hydrogen-bond acceptors (Lipinski definition) is 7. The third-order valence-electron chi connectivity index (χ3n) is 2.05. The molecule has 0 aliphatic carbocycles. The van der Waals surface area contributed by atoms with E-state index in [0.717, 1.165) is 0 Å². The lowest BCUT2D eigenvalue weighted by molar-refractivity contribution is 0.0204. The van der Waals surface area contributed by atoms with E-state index in [2.05, 4.69) is 0 Å². The fraction of sp³-hybridized carbons (Fsp3) is 0.500. The van der Waals surface area contributed by atoms with Crippen LogP contribution in [0.15, 0.2) is 18.2 Å². The highest BCUT2D eigenvalue weighted by Crippen LogP contribution is 2.28. The van der Waals surface area contributed by atoms with Crippen molar-refractivity contribution in [2.45, 2.75) is 52.7 Å². The average Bonchev–Trinajstić information content (AvgIpc) is 2.20. The van der Waals surface area contributed by atoms with Gasteiger partial charge in [0, 0.05) is 18.2 Å². The number of rotatable bonds is 2. The summed E-state index contributed by atoms with van der Waals surface area (Å²) in [5.41, 5.74) is -1.44. The summed E-state index contributed by atoms with van der Waals surface area (Å²) in [5, 5.41) is 9.62. The molecule has 0 atom stereocenters. The van der Waals surface area contributed by atoms with Crippen LogP contribution < -0.4 is 9.47 Å². The Morgan fingerprint density at radius 1 is 0.783 bits per heavy atom. The highest BCUT2D eigenvalue weighted by molar-refractivity contribution is 5.67. The first-order valence-electron chi connectivity index (χ1n) is 7.00. The molecule has 0 fully saturated rings. The van der Waals surface area contributed by atoms with Gasteiger partial charge in [-0.25, -0.2) is 9.59 Å². The minimum Gasteiger partial charge on any atom is -0.508 e. The van der Waals surface area contributed by atoms with E-state index in [0.29, 0.717) is 0 Å². The summed E-state index contributed by atoms with van der Waals surface area (Å²) in [6, 6.07) is 3.63. The zero-order chi connectivity index (χ0) is 17.8. The van der Waals surface area contributed by atoms with Gasteiger partial charge in [-0.05, 0) is 41.5 Å². The van der Waals surface area contributed by atoms with E-state index in [4.69, 9.17) is 18.9 Å². The highest BCUT2D eigenvalue weighted by Gasteiger charge is 2.20. The molecule has 0 amide bonds. The lowest BCUT2D eigenvalue weighted by Crippen LogP contribution is -2.26. The zero-order valence-electron chi connectivity index (χ0n) is 14.1. The smallest absolute Gasteiger partial charge is 0.508 e. The van der Waals surface area contributed by atoms with E-state index in [9.17, 15) is 14.7 Å². The van der Waals surface area contributed by atoms with Crippen molar-refractivity contribution < 1.29 is 33.6 Å². The molecule has 7 heteroatoms. The fourth-order valence-electron chi connectivity index (χ4n) is 1.41. The van der Waals surface area contributed by atoms with Gasteiger partial charge < -0.3 is 24.1 Å². The highest BCUT2D eigenvalue weighted by atomic mass is 16.7. The van der Waals surface area contributed by atoms with Crippen LogP contribution in [0.3, 0.4) is 0 Å². The molecule has 0 unspecified atom stereocenters. The molecular formula is C16H22O7. The topological polar surface area (TPSA) is 91.3 Å². The van der Waals surface area contributed by atoms with Crippen molar-refractivity contribution >= 4 is 12.3 Å². The van der Waals surface area contributed by atoms with E-state index < -0.39 is 23.5 Å². The Morgan fingerprint density at radius 3 is 1.43 bits per heavy atom. The van der Waals surface area contributed by atoms with Crippen LogP contribution in [0.2, 0.25) is 0 Å². The molecule has 0 saturated heterocycles. The van der Waals surface area contributed by atoms with Crippen LogP contribution in [0.4, 0.5) is 9.59 Å². The van der Waals surface area contributed by atoms with Gasteiger partial charge in [0.1, 0.15) is 28.5 Å². The molecule has 0 aliphatic rings. The third kappa shape index (κ3) is 7.94. The van der Waals surface area contributed by atoms with Crippen LogP contribution in [0.25, 0.3) is 0 Å². The summed E-state index contributed by atoms with van der Waals surface area (Å²) in [6.07, 6.45) is -1.88. The molecule has 7 nitrogen and oxygen atoms in total. The van der Waals surface area contributed by atoms with Crippen LogP contribution in [0, 0.1) is 0 Å². The number of hydrogen-bond donors (Lipinski definition) is 1. The van der Waals surface area contributed by atoms with E-state index in [1.54, 1.807) is 41.5 Å². The van der Waals surface area contributed by atoms with Crippen LogP contribution in [-0.4, -0.2) is 28.6 Å². The molecule has 1 rings (SSSR count). The summed E-state index contributed by atoms with van der Waals surface area (Å²) in [5.74, 6) is -0.305. The molecule has 1 N–H and O–H groups in total. The number of phenolic OH excluding ortho intramolecular Hbond substituents is 1. The standard InChI is InChI=1S/C16H22O7/c1-15(2,3)22-13(18)20-11-7-10(17)8-12(9-11)21-14(19)23-16(4,5)6/h7-9,17H,1-6H3. The summed E-state index contributed by atoms with van der Waals surface area (Å²) >= 11 is 0. The summed E-state index contributed by atoms with van der Waals surface area (Å²) in [7, 11) is 0. The quantitative estimate of drug-likeness (QED) is 0.648. The molecule has 23 heavy (non-hydrogen) atoms. The molecule has 0 aromatic heterocycles. The van der Waals surface area contributed by atoms with Gasteiger partial charge in [0.25, 0.3) is 0 Å². The SMILES string of the molecule is CC(C)(C)OC(=O)Oc1cc(O)cc(OC(=O)OC(C)(C)C)c1. The molecule has 1 aromatic carbocycles. The number of benzene rings is 1. The first kappa shape index (κ1) is 18.6. The molecule has 0 heterocycles. The number of phenols is 1. The van der Waals surface area contributed by atoms with Gasteiger partial charge in [0.05, 0.1) is 0 Å². The van der Waals surface area contributed by atoms with E-state index in [-0.39, 0.29) is 17.2 Å². The summed E-state index contributed by atoms with van der Waals surface area (Å²) < 4.78 is 19.9. The second-order valence-corrected chi connectivity index (χ2v) is 6.80. The molecular weight excluding hydrogens is 304 g/mol. The maximum atomic E-state index is 11.6. The van der Waals surface area contributed by atoms with Crippen LogP contribution >= 0.6 is 0 Å². The lowest BCUT2D eigenvalue weighted by atomic mass is 10.2. The molecule has 0 radical (unpaired) electrons. The van der Waals surface area contributed by atoms with Gasteiger partial charge in [-0.1, -0.05) is 0 Å². The minimum atomic E-state index is -0.939. The second-order valence-electron chi connectivity index (χ2n) is 6.80. The van der Waals surface area contributed by atoms with Crippen molar-refractivity contribution in [3.8, 4) is 17.2 Å². The van der Waals surface area contributed by atoms with Crippen LogP contribution in [-0.2, 0) is 9.47 Å². The molecule has 0 aliphatic heterocycles. The van der Waals surface area contributed by atoms with E-state index in [1.807, 2.05) is 0 Å². The second kappa shape index (κ2) is 6.76. The zero-order valence-corrected chi connectivity index (χ0v) is 14.1. The number of carbonyl (C=O) groups is 2. The Balaban J connectivity index is 2.79. The van der Waals surface area contributed by atoms with Crippen molar-refractivity contribution in [1.29, 1.82) is 0 Å². The molecule has 1 aromatic rings. The van der Waals surface area contributed by atoms with E-state index in [1.165, 1.54) is 18.2 Å². The predicted octanol–water partition coefficient (Wildman–Crippen LogP) is 4.02. The number of carbonyl (C=O) groups excluding carboxylic acids is 2. The van der Waals surface area contributed by atoms with Gasteiger partial charge in [-0.3, -0.25) is 0 Å². The van der Waals surface area contributed by atoms with Gasteiger partial charge in [0.2, 0.25) is 0 Å². The minimum absolute atomic E-state index is 0.0298. The van der Waals surface area contributed by atoms with Gasteiger partial charge in [-0.15, -0.1) is 0 Å². The maximum Gasteiger partial charge on any atom is 0.514 e. The Hall–Kier alpha value is -2.44. The van der Waals surface area contributed by atoms with Gasteiger partial charge >= 0.3 is 12.3 Å². The molecule has 0 bridgehead atoms. The predicted molar refractivity (Wildman–Crippen MR) is 81.8 cm³/mol. The van der Waals surface area contributed by atoms with Gasteiger partial charge in [-0.2, -0.15) is 0 Å². The monoisotopic (exact) mass is 326 g/mol. The van der Waals surface area contributed by atoms with Crippen LogP contribution in [0.1, 0.15) is 41.5 Å². The average molecular weight is 326 g/mol. The van der Waals surface area contributed by atoms with E-state index >= 15 is 0 Å². The van der Waals surface area contributed by atoms with Crippen molar-refractivity contribution in [3.05, 3.63) is 18.2 Å². The Labute approximate surface area is 135 Å². The number of aromatic hydroxyl groups is 1. The van der Waals surface area contributed by atoms with Gasteiger partial charge in [0.15, 0.2) is 0 Å². The first-order chi connectivity index (χ1) is 10.3. The normalized spacial score (nSPS) is 11.6. The Bertz CT molecular complexity index is 531. The van der Waals surface area contributed by atoms with Crippen molar-refractivity contribution in [1.82, 2.24) is 0 Å². The third-order valence-corrected chi connectivity index (χ3v) is 2.05. The Kier molecular flexibility index (Phi) is 5.47. The van der Waals surface area contributed by atoms with Crippen molar-refractivity contribution in [3.63, 3.8) is 0 Å². The summed E-state index contributed by atoms with van der Waals surface area (Å²) in [6.45, 7) is 10.1. The fourth-order valence-corrected chi connectivity index (χ4v) is 1.41. The van der Waals surface area contributed by atoms with Crippen LogP contribution in [0.5, 0.6) is 17.2 Å². The largest absolute Gasteiger partial charge is 0.514 e. The van der Waals surface area contributed by atoms with Crippen molar-refractivity contribution in [2.24, 2.45) is 0 Å². The molecule has 0 saturated carbocycles. The molecule has 0 spiro atoms. The summed E-state index contributed by atoms with van der Waals surface area (Å²) in [4.78, 5) is 23.2. The Morgan fingerprint density at radius 2 is 1.13 bits per heavy atom. The lowest BCUT2D eigenvalue weighted by Gasteiger charge is -2.19. The van der Waals surface area contributed by atoms with Crippen molar-refractivity contribution in [2.75, 3.05) is 0 Å². The molecule has 128 valence electrons. The number of ether oxygens (including phenoxy) is 4. The first-order valence-corrected chi connectivity index (χ1v) is 7.00. The maximum absolute atomic E-state index is 11.6.